The summed E-state index contributed by atoms with van der Waals surface area (Å²) in [5.74, 6) is 0.831. The predicted molar refractivity (Wildman–Crippen MR) is 76.0 cm³/mol. The van der Waals surface area contributed by atoms with Crippen molar-refractivity contribution in [1.82, 2.24) is 9.44 Å². The molecule has 1 aromatic carbocycles. The van der Waals surface area contributed by atoms with E-state index in [1.807, 2.05) is 13.8 Å². The summed E-state index contributed by atoms with van der Waals surface area (Å²) in [6.07, 6.45) is 0. The first-order valence-electron chi connectivity index (χ1n) is 6.00. The molecule has 19 heavy (non-hydrogen) atoms. The fourth-order valence-corrected chi connectivity index (χ4v) is 2.41. The molecule has 0 unspecified atom stereocenters. The molecule has 0 saturated heterocycles. The van der Waals surface area contributed by atoms with Crippen molar-refractivity contribution in [2.24, 2.45) is 5.92 Å². The molecule has 0 atom stereocenters. The highest BCUT2D eigenvalue weighted by atomic mass is 32.2. The number of nitrogens with two attached hydrogens (primary N) is 1. The van der Waals surface area contributed by atoms with Crippen molar-refractivity contribution in [2.45, 2.75) is 20.4 Å². The molecule has 0 bridgehead atoms. The van der Waals surface area contributed by atoms with Crippen molar-refractivity contribution in [1.29, 1.82) is 0 Å². The summed E-state index contributed by atoms with van der Waals surface area (Å²) in [6.45, 7) is 4.46. The molecule has 0 spiro atoms. The van der Waals surface area contributed by atoms with E-state index >= 15 is 0 Å². The highest BCUT2D eigenvalue weighted by Crippen LogP contribution is 2.21. The number of methoxy groups -OCH3 is 1. The van der Waals surface area contributed by atoms with E-state index in [0.29, 0.717) is 18.0 Å². The number of hydrogen-bond donors (Lipinski definition) is 3. The molecule has 0 aliphatic rings. The summed E-state index contributed by atoms with van der Waals surface area (Å²) < 4.78 is 33.2. The molecule has 0 aliphatic carbocycles. The third kappa shape index (κ3) is 5.46. The van der Waals surface area contributed by atoms with E-state index in [4.69, 9.17) is 10.5 Å². The van der Waals surface area contributed by atoms with Gasteiger partial charge >= 0.3 is 0 Å². The summed E-state index contributed by atoms with van der Waals surface area (Å²) in [4.78, 5) is 0. The SMILES string of the molecule is COc1ccc(CNS(=O)(=O)NCC(C)C)cc1N. The monoisotopic (exact) mass is 287 g/mol. The van der Waals surface area contributed by atoms with Gasteiger partial charge in [0, 0.05) is 13.1 Å². The summed E-state index contributed by atoms with van der Waals surface area (Å²) in [7, 11) is -1.94. The van der Waals surface area contributed by atoms with Crippen molar-refractivity contribution >= 4 is 15.9 Å². The Hall–Kier alpha value is -1.31. The van der Waals surface area contributed by atoms with E-state index in [1.54, 1.807) is 18.2 Å². The maximum absolute atomic E-state index is 11.6. The number of ether oxygens (including phenoxy) is 1. The van der Waals surface area contributed by atoms with Crippen molar-refractivity contribution in [3.63, 3.8) is 0 Å². The van der Waals surface area contributed by atoms with Gasteiger partial charge in [0.25, 0.3) is 10.2 Å². The van der Waals surface area contributed by atoms with E-state index in [1.165, 1.54) is 7.11 Å². The smallest absolute Gasteiger partial charge is 0.277 e. The van der Waals surface area contributed by atoms with E-state index in [0.717, 1.165) is 5.56 Å². The van der Waals surface area contributed by atoms with Crippen molar-refractivity contribution < 1.29 is 13.2 Å². The van der Waals surface area contributed by atoms with E-state index in [2.05, 4.69) is 9.44 Å². The number of nitrogens with one attached hydrogen (secondary N) is 2. The molecular formula is C12H21N3O3S. The first-order valence-corrected chi connectivity index (χ1v) is 7.49. The second-order valence-corrected chi connectivity index (χ2v) is 6.23. The Labute approximate surface area is 114 Å². The van der Waals surface area contributed by atoms with E-state index in [9.17, 15) is 8.42 Å². The number of nitrogen functional groups attached to an aromatic ring is 1. The predicted octanol–water partition coefficient (Wildman–Crippen LogP) is 0.857. The van der Waals surface area contributed by atoms with Gasteiger partial charge in [-0.05, 0) is 23.6 Å². The quantitative estimate of drug-likeness (QED) is 0.648. The Morgan fingerprint density at radius 1 is 1.32 bits per heavy atom. The molecular weight excluding hydrogens is 266 g/mol. The maximum Gasteiger partial charge on any atom is 0.277 e. The minimum Gasteiger partial charge on any atom is -0.495 e. The lowest BCUT2D eigenvalue weighted by molar-refractivity contribution is 0.417. The third-order valence-corrected chi connectivity index (χ3v) is 3.51. The van der Waals surface area contributed by atoms with Crippen molar-refractivity contribution in [3.8, 4) is 5.75 Å². The molecule has 0 heterocycles. The maximum atomic E-state index is 11.6. The molecule has 1 rings (SSSR count). The molecule has 4 N–H and O–H groups in total. The first kappa shape index (κ1) is 15.7. The van der Waals surface area contributed by atoms with Crippen LogP contribution in [0, 0.1) is 5.92 Å². The number of hydrogen-bond acceptors (Lipinski definition) is 4. The van der Waals surface area contributed by atoms with Gasteiger partial charge in [-0.15, -0.1) is 0 Å². The molecule has 0 aliphatic heterocycles. The summed E-state index contributed by atoms with van der Waals surface area (Å²) in [5, 5.41) is 0. The van der Waals surface area contributed by atoms with Gasteiger partial charge in [-0.1, -0.05) is 19.9 Å². The van der Waals surface area contributed by atoms with Gasteiger partial charge in [-0.25, -0.2) is 4.72 Å². The van der Waals surface area contributed by atoms with Crippen LogP contribution in [0.4, 0.5) is 5.69 Å². The number of anilines is 1. The van der Waals surface area contributed by atoms with Crippen LogP contribution in [0.15, 0.2) is 18.2 Å². The lowest BCUT2D eigenvalue weighted by Crippen LogP contribution is -2.37. The minimum absolute atomic E-state index is 0.182. The highest BCUT2D eigenvalue weighted by molar-refractivity contribution is 7.87. The average molecular weight is 287 g/mol. The van der Waals surface area contributed by atoms with Gasteiger partial charge < -0.3 is 10.5 Å². The van der Waals surface area contributed by atoms with Crippen LogP contribution in [0.1, 0.15) is 19.4 Å². The van der Waals surface area contributed by atoms with Crippen LogP contribution >= 0.6 is 0 Å². The van der Waals surface area contributed by atoms with Crippen molar-refractivity contribution in [3.05, 3.63) is 23.8 Å². The van der Waals surface area contributed by atoms with E-state index < -0.39 is 10.2 Å². The van der Waals surface area contributed by atoms with Crippen LogP contribution < -0.4 is 19.9 Å². The number of rotatable bonds is 7. The fourth-order valence-electron chi connectivity index (χ4n) is 1.40. The first-order chi connectivity index (χ1) is 8.84. The Morgan fingerprint density at radius 3 is 2.53 bits per heavy atom. The van der Waals surface area contributed by atoms with Gasteiger partial charge in [0.15, 0.2) is 0 Å². The summed E-state index contributed by atoms with van der Waals surface area (Å²) >= 11 is 0. The van der Waals surface area contributed by atoms with Crippen molar-refractivity contribution in [2.75, 3.05) is 19.4 Å². The Balaban J connectivity index is 2.59. The molecule has 6 nitrogen and oxygen atoms in total. The fraction of sp³-hybridized carbons (Fsp3) is 0.500. The molecule has 0 fully saturated rings. The second kappa shape index (κ2) is 6.74. The van der Waals surface area contributed by atoms with Gasteiger partial charge in [0.1, 0.15) is 5.75 Å². The van der Waals surface area contributed by atoms with Crippen LogP contribution in [-0.4, -0.2) is 22.1 Å². The molecule has 0 radical (unpaired) electrons. The Morgan fingerprint density at radius 2 is 2.00 bits per heavy atom. The molecule has 7 heteroatoms. The Kier molecular flexibility index (Phi) is 5.59. The summed E-state index contributed by atoms with van der Waals surface area (Å²) in [5.41, 5.74) is 7.00. The summed E-state index contributed by atoms with van der Waals surface area (Å²) in [6, 6.07) is 5.16. The number of benzene rings is 1. The molecule has 0 aromatic heterocycles. The highest BCUT2D eigenvalue weighted by Gasteiger charge is 2.10. The largest absolute Gasteiger partial charge is 0.495 e. The second-order valence-electron chi connectivity index (χ2n) is 4.64. The zero-order valence-electron chi connectivity index (χ0n) is 11.4. The van der Waals surface area contributed by atoms with Gasteiger partial charge in [0.2, 0.25) is 0 Å². The average Bonchev–Trinajstić information content (AvgIpc) is 2.34. The standard InChI is InChI=1S/C12H21N3O3S/c1-9(2)7-14-19(16,17)15-8-10-4-5-12(18-3)11(13)6-10/h4-6,9,14-15H,7-8,13H2,1-3H3. The zero-order valence-corrected chi connectivity index (χ0v) is 12.3. The normalized spacial score (nSPS) is 11.8. The van der Waals surface area contributed by atoms with E-state index in [-0.39, 0.29) is 12.5 Å². The zero-order chi connectivity index (χ0) is 14.5. The lowest BCUT2D eigenvalue weighted by atomic mass is 10.2. The van der Waals surface area contributed by atoms with Gasteiger partial charge in [-0.2, -0.15) is 13.1 Å². The molecule has 108 valence electrons. The topological polar surface area (TPSA) is 93.4 Å². The van der Waals surface area contributed by atoms with Gasteiger partial charge in [0.05, 0.1) is 12.8 Å². The molecule has 0 saturated carbocycles. The Bertz CT molecular complexity index is 515. The third-order valence-electron chi connectivity index (χ3n) is 2.44. The molecule has 1 aromatic rings. The van der Waals surface area contributed by atoms with Crippen LogP contribution in [0.25, 0.3) is 0 Å². The van der Waals surface area contributed by atoms with Crippen LogP contribution in [0.3, 0.4) is 0 Å². The minimum atomic E-state index is -3.48. The van der Waals surface area contributed by atoms with Crippen LogP contribution in [0.2, 0.25) is 0 Å². The van der Waals surface area contributed by atoms with Crippen LogP contribution in [-0.2, 0) is 16.8 Å². The van der Waals surface area contributed by atoms with Gasteiger partial charge in [-0.3, -0.25) is 0 Å². The lowest BCUT2D eigenvalue weighted by Gasteiger charge is -2.11. The molecule has 0 amide bonds. The van der Waals surface area contributed by atoms with Crippen LogP contribution in [0.5, 0.6) is 5.75 Å².